The van der Waals surface area contributed by atoms with Gasteiger partial charge in [-0.15, -0.1) is 0 Å². The average Bonchev–Trinajstić information content (AvgIpc) is 3.00. The molecule has 0 saturated heterocycles. The van der Waals surface area contributed by atoms with Crippen molar-refractivity contribution in [3.8, 4) is 5.69 Å². The minimum absolute atomic E-state index is 0.0683. The Kier molecular flexibility index (Phi) is 2.48. The van der Waals surface area contributed by atoms with Gasteiger partial charge in [-0.25, -0.2) is 10.4 Å². The van der Waals surface area contributed by atoms with Crippen LogP contribution in [0.2, 0.25) is 0 Å². The van der Waals surface area contributed by atoms with Gasteiger partial charge in [0.25, 0.3) is 5.91 Å². The molecule has 1 amide bonds. The molecule has 1 N–H and O–H groups in total. The number of nitrogens with one attached hydrogen (secondary N) is 1. The van der Waals surface area contributed by atoms with Crippen molar-refractivity contribution in [3.05, 3.63) is 48.5 Å². The molecule has 1 aliphatic heterocycles. The highest BCUT2D eigenvalue weighted by Gasteiger charge is 2.39. The smallest absolute Gasteiger partial charge is 0.251 e. The largest absolute Gasteiger partial charge is 0.306 e. The van der Waals surface area contributed by atoms with Gasteiger partial charge in [0, 0.05) is 18.1 Å². The summed E-state index contributed by atoms with van der Waals surface area (Å²) < 4.78 is 1.93. The highest BCUT2D eigenvalue weighted by Crippen LogP contribution is 2.27. The van der Waals surface area contributed by atoms with Crippen LogP contribution in [0.4, 0.5) is 0 Å². The lowest BCUT2D eigenvalue weighted by atomic mass is 9.84. The predicted octanol–water partition coefficient (Wildman–Crippen LogP) is 1.73. The third-order valence-corrected chi connectivity index (χ3v) is 3.37. The monoisotopic (exact) mass is 254 g/mol. The highest BCUT2D eigenvalue weighted by atomic mass is 16.2. The molecule has 0 spiro atoms. The molecular formula is C14H14N4O. The number of hydrazone groups is 1. The molecule has 0 radical (unpaired) electrons. The summed E-state index contributed by atoms with van der Waals surface area (Å²) in [5, 5.41) is 4.13. The summed E-state index contributed by atoms with van der Waals surface area (Å²) in [4.78, 5) is 15.7. The molecule has 5 nitrogen and oxygen atoms in total. The average molecular weight is 254 g/mol. The molecule has 3 rings (SSSR count). The predicted molar refractivity (Wildman–Crippen MR) is 72.0 cm³/mol. The van der Waals surface area contributed by atoms with E-state index < -0.39 is 5.41 Å². The zero-order valence-corrected chi connectivity index (χ0v) is 10.8. The van der Waals surface area contributed by atoms with Crippen LogP contribution in [0.15, 0.2) is 48.1 Å². The maximum Gasteiger partial charge on any atom is 0.251 e. The summed E-state index contributed by atoms with van der Waals surface area (Å²) in [5.74, 6) is -0.0683. The Morgan fingerprint density at radius 3 is 2.47 bits per heavy atom. The highest BCUT2D eigenvalue weighted by molar-refractivity contribution is 6.19. The minimum atomic E-state index is -0.587. The number of amides is 1. The Labute approximate surface area is 111 Å². The summed E-state index contributed by atoms with van der Waals surface area (Å²) >= 11 is 0. The number of hydrogen-bond donors (Lipinski definition) is 1. The van der Waals surface area contributed by atoms with Crippen LogP contribution in [0.3, 0.4) is 0 Å². The molecule has 0 unspecified atom stereocenters. The van der Waals surface area contributed by atoms with E-state index >= 15 is 0 Å². The standard InChI is InChI=1S/C14H14N4O/c1-14(2)12(16-17-13(14)19)10-3-5-11(6-4-10)18-8-7-15-9-18/h3-9H,1-2H3,(H,17,19). The summed E-state index contributed by atoms with van der Waals surface area (Å²) in [6.45, 7) is 3.75. The fraction of sp³-hybridized carbons (Fsp3) is 0.214. The van der Waals surface area contributed by atoms with Gasteiger partial charge in [-0.1, -0.05) is 12.1 Å². The molecule has 0 fully saturated rings. The first-order valence-corrected chi connectivity index (χ1v) is 6.06. The number of nitrogens with zero attached hydrogens (tertiary/aromatic N) is 3. The van der Waals surface area contributed by atoms with Crippen LogP contribution in [-0.4, -0.2) is 21.2 Å². The molecule has 1 aromatic heterocycles. The van der Waals surface area contributed by atoms with E-state index in [1.807, 2.05) is 48.9 Å². The molecule has 2 aromatic rings. The second-order valence-electron chi connectivity index (χ2n) is 5.04. The van der Waals surface area contributed by atoms with E-state index in [4.69, 9.17) is 0 Å². The third kappa shape index (κ3) is 1.83. The van der Waals surface area contributed by atoms with Crippen molar-refractivity contribution in [1.82, 2.24) is 15.0 Å². The van der Waals surface area contributed by atoms with Crippen molar-refractivity contribution in [2.24, 2.45) is 10.5 Å². The van der Waals surface area contributed by atoms with Crippen LogP contribution in [0.5, 0.6) is 0 Å². The Bertz CT molecular complexity index is 639. The normalized spacial score (nSPS) is 17.2. The van der Waals surface area contributed by atoms with Gasteiger partial charge in [0.05, 0.1) is 17.5 Å². The number of carbonyl (C=O) groups excluding carboxylic acids is 1. The van der Waals surface area contributed by atoms with Gasteiger partial charge in [-0.05, 0) is 31.5 Å². The van der Waals surface area contributed by atoms with Crippen molar-refractivity contribution in [1.29, 1.82) is 0 Å². The quantitative estimate of drug-likeness (QED) is 0.887. The van der Waals surface area contributed by atoms with Gasteiger partial charge in [0.1, 0.15) is 0 Å². The van der Waals surface area contributed by atoms with Gasteiger partial charge >= 0.3 is 0 Å². The first-order chi connectivity index (χ1) is 9.09. The molecule has 0 saturated carbocycles. The van der Waals surface area contributed by atoms with Gasteiger partial charge in [-0.2, -0.15) is 5.10 Å². The second-order valence-corrected chi connectivity index (χ2v) is 5.04. The van der Waals surface area contributed by atoms with Gasteiger partial charge < -0.3 is 4.57 Å². The van der Waals surface area contributed by atoms with Crippen LogP contribution < -0.4 is 5.43 Å². The first kappa shape index (κ1) is 11.6. The van der Waals surface area contributed by atoms with Crippen LogP contribution >= 0.6 is 0 Å². The molecule has 2 heterocycles. The zero-order valence-electron chi connectivity index (χ0n) is 10.8. The van der Waals surface area contributed by atoms with Gasteiger partial charge in [-0.3, -0.25) is 4.79 Å². The lowest BCUT2D eigenvalue weighted by molar-refractivity contribution is -0.125. The Morgan fingerprint density at radius 2 is 1.95 bits per heavy atom. The summed E-state index contributed by atoms with van der Waals surface area (Å²) in [5.41, 5.74) is 4.70. The maximum absolute atomic E-state index is 11.7. The Balaban J connectivity index is 1.94. The molecule has 0 aliphatic carbocycles. The SMILES string of the molecule is CC1(C)C(=O)NN=C1c1ccc(-n2ccnc2)cc1. The lowest BCUT2D eigenvalue weighted by Crippen LogP contribution is -2.32. The van der Waals surface area contributed by atoms with Crippen LogP contribution in [-0.2, 0) is 4.79 Å². The number of benzene rings is 1. The summed E-state index contributed by atoms with van der Waals surface area (Å²) in [6, 6.07) is 7.91. The van der Waals surface area contributed by atoms with E-state index in [1.165, 1.54) is 0 Å². The number of imidazole rings is 1. The molecule has 5 heteroatoms. The number of hydrogen-bond acceptors (Lipinski definition) is 3. The van der Waals surface area contributed by atoms with E-state index in [1.54, 1.807) is 12.5 Å². The topological polar surface area (TPSA) is 59.3 Å². The number of rotatable bonds is 2. The molecule has 1 aromatic carbocycles. The Morgan fingerprint density at radius 1 is 1.21 bits per heavy atom. The number of aromatic nitrogens is 2. The fourth-order valence-corrected chi connectivity index (χ4v) is 2.12. The van der Waals surface area contributed by atoms with Crippen LogP contribution in [0.1, 0.15) is 19.4 Å². The molecule has 19 heavy (non-hydrogen) atoms. The number of carbonyl (C=O) groups is 1. The summed E-state index contributed by atoms with van der Waals surface area (Å²) in [7, 11) is 0. The van der Waals surface area contributed by atoms with E-state index in [9.17, 15) is 4.79 Å². The van der Waals surface area contributed by atoms with Crippen molar-refractivity contribution in [3.63, 3.8) is 0 Å². The van der Waals surface area contributed by atoms with Crippen molar-refractivity contribution < 1.29 is 4.79 Å². The lowest BCUT2D eigenvalue weighted by Gasteiger charge is -2.17. The van der Waals surface area contributed by atoms with Crippen molar-refractivity contribution >= 4 is 11.6 Å². The van der Waals surface area contributed by atoms with Gasteiger partial charge in [0.15, 0.2) is 0 Å². The van der Waals surface area contributed by atoms with Gasteiger partial charge in [0.2, 0.25) is 0 Å². The van der Waals surface area contributed by atoms with Crippen molar-refractivity contribution in [2.45, 2.75) is 13.8 Å². The molecular weight excluding hydrogens is 240 g/mol. The van der Waals surface area contributed by atoms with E-state index in [0.29, 0.717) is 0 Å². The van der Waals surface area contributed by atoms with E-state index in [2.05, 4.69) is 15.5 Å². The second kappa shape index (κ2) is 4.05. The first-order valence-electron chi connectivity index (χ1n) is 6.06. The van der Waals surface area contributed by atoms with Crippen LogP contribution in [0.25, 0.3) is 5.69 Å². The maximum atomic E-state index is 11.7. The van der Waals surface area contributed by atoms with Crippen LogP contribution in [0, 0.1) is 5.41 Å². The molecule has 0 bridgehead atoms. The summed E-state index contributed by atoms with van der Waals surface area (Å²) in [6.07, 6.45) is 5.37. The molecule has 96 valence electrons. The van der Waals surface area contributed by atoms with Crippen molar-refractivity contribution in [2.75, 3.05) is 0 Å². The molecule has 0 atom stereocenters. The van der Waals surface area contributed by atoms with E-state index in [0.717, 1.165) is 17.0 Å². The third-order valence-electron chi connectivity index (χ3n) is 3.37. The minimum Gasteiger partial charge on any atom is -0.306 e. The fourth-order valence-electron chi connectivity index (χ4n) is 2.12. The Hall–Kier alpha value is -2.43. The van der Waals surface area contributed by atoms with E-state index in [-0.39, 0.29) is 5.91 Å². The zero-order chi connectivity index (χ0) is 13.5. The molecule has 1 aliphatic rings.